The molecule has 3 heterocycles. The summed E-state index contributed by atoms with van der Waals surface area (Å²) in [5.74, 6) is 1.22. The van der Waals surface area contributed by atoms with Crippen LogP contribution in [0.4, 0.5) is 0 Å². The first-order valence-electron chi connectivity index (χ1n) is 11.6. The first-order valence-corrected chi connectivity index (χ1v) is 11.6. The van der Waals surface area contributed by atoms with E-state index >= 15 is 0 Å². The van der Waals surface area contributed by atoms with Gasteiger partial charge in [-0.2, -0.15) is 0 Å². The van der Waals surface area contributed by atoms with Gasteiger partial charge in [-0.15, -0.1) is 0 Å². The number of nitrogens with one attached hydrogen (secondary N) is 1. The number of carbonyl (C=O) groups excluding carboxylic acids is 2. The minimum Gasteiger partial charge on any atom is -0.493 e. The Bertz CT molecular complexity index is 1450. The van der Waals surface area contributed by atoms with Crippen molar-refractivity contribution in [1.29, 1.82) is 0 Å². The number of aromatic nitrogens is 2. The molecule has 0 spiro atoms. The predicted molar refractivity (Wildman–Crippen MR) is 131 cm³/mol. The fourth-order valence-corrected chi connectivity index (χ4v) is 4.59. The second-order valence-corrected chi connectivity index (χ2v) is 8.77. The van der Waals surface area contributed by atoms with Gasteiger partial charge >= 0.3 is 5.97 Å². The third kappa shape index (κ3) is 4.17. The van der Waals surface area contributed by atoms with Crippen LogP contribution in [0.1, 0.15) is 49.0 Å². The lowest BCUT2D eigenvalue weighted by atomic mass is 10.0. The zero-order valence-corrected chi connectivity index (χ0v) is 20.6. The maximum Gasteiger partial charge on any atom is 0.337 e. The number of amides is 1. The Morgan fingerprint density at radius 1 is 1.08 bits per heavy atom. The van der Waals surface area contributed by atoms with Crippen LogP contribution in [0, 0.1) is 13.8 Å². The van der Waals surface area contributed by atoms with Crippen LogP contribution in [0.25, 0.3) is 10.9 Å². The van der Waals surface area contributed by atoms with E-state index in [0.29, 0.717) is 47.9 Å². The molecule has 0 radical (unpaired) electrons. The molecule has 36 heavy (non-hydrogen) atoms. The Labute approximate surface area is 207 Å². The number of rotatable bonds is 6. The molecule has 4 aromatic rings. The Hall–Kier alpha value is -4.27. The van der Waals surface area contributed by atoms with Crippen LogP contribution in [0.5, 0.6) is 11.5 Å². The summed E-state index contributed by atoms with van der Waals surface area (Å²) in [6.07, 6.45) is 0.694. The molecule has 0 aliphatic carbocycles. The molecule has 0 atom stereocenters. The van der Waals surface area contributed by atoms with Crippen molar-refractivity contribution < 1.29 is 28.3 Å². The molecule has 0 unspecified atom stereocenters. The van der Waals surface area contributed by atoms with Gasteiger partial charge in [-0.05, 0) is 50.2 Å². The molecule has 1 aliphatic heterocycles. The standard InChI is InChI=1S/C27H27N3O6/c1-15-21(16(2)36-29-15)14-35-24-8-6-17(12-25(24)33-3)26(31)30-10-9-23-20(13-30)19-11-18(27(32)34-4)5-7-22(19)28-23/h5-8,11-12,28H,9-10,13-14H2,1-4H3. The number of H-pyrrole nitrogens is 1. The van der Waals surface area contributed by atoms with E-state index in [0.717, 1.165) is 33.4 Å². The number of nitrogens with zero attached hydrogens (tertiary/aromatic N) is 2. The first kappa shape index (κ1) is 23.5. The van der Waals surface area contributed by atoms with E-state index in [1.165, 1.54) is 7.11 Å². The molecule has 5 rings (SSSR count). The summed E-state index contributed by atoms with van der Waals surface area (Å²) in [4.78, 5) is 30.7. The molecule has 9 nitrogen and oxygen atoms in total. The third-order valence-corrected chi connectivity index (χ3v) is 6.65. The van der Waals surface area contributed by atoms with Gasteiger partial charge in [0.15, 0.2) is 11.5 Å². The highest BCUT2D eigenvalue weighted by Gasteiger charge is 2.26. The maximum atomic E-state index is 13.4. The van der Waals surface area contributed by atoms with Gasteiger partial charge in [-0.3, -0.25) is 4.79 Å². The highest BCUT2D eigenvalue weighted by Crippen LogP contribution is 2.32. The van der Waals surface area contributed by atoms with Crippen LogP contribution in [0.15, 0.2) is 40.9 Å². The fourth-order valence-electron chi connectivity index (χ4n) is 4.59. The molecule has 9 heteroatoms. The van der Waals surface area contributed by atoms with Crippen molar-refractivity contribution in [3.8, 4) is 11.5 Å². The van der Waals surface area contributed by atoms with E-state index in [9.17, 15) is 9.59 Å². The van der Waals surface area contributed by atoms with Crippen molar-refractivity contribution in [2.24, 2.45) is 0 Å². The quantitative estimate of drug-likeness (QED) is 0.401. The second kappa shape index (κ2) is 9.41. The molecule has 0 bridgehead atoms. The molecule has 2 aromatic heterocycles. The zero-order chi connectivity index (χ0) is 25.4. The summed E-state index contributed by atoms with van der Waals surface area (Å²) in [5.41, 5.74) is 5.68. The molecule has 1 aliphatic rings. The Morgan fingerprint density at radius 2 is 1.89 bits per heavy atom. The summed E-state index contributed by atoms with van der Waals surface area (Å²) in [6.45, 7) is 5.00. The lowest BCUT2D eigenvalue weighted by Crippen LogP contribution is -2.35. The lowest BCUT2D eigenvalue weighted by molar-refractivity contribution is 0.0600. The number of hydrogen-bond acceptors (Lipinski definition) is 7. The number of ether oxygens (including phenoxy) is 3. The second-order valence-electron chi connectivity index (χ2n) is 8.77. The van der Waals surface area contributed by atoms with Crippen molar-refractivity contribution in [2.75, 3.05) is 20.8 Å². The van der Waals surface area contributed by atoms with Crippen molar-refractivity contribution in [3.63, 3.8) is 0 Å². The summed E-state index contributed by atoms with van der Waals surface area (Å²) in [7, 11) is 2.91. The van der Waals surface area contributed by atoms with E-state index in [-0.39, 0.29) is 18.5 Å². The van der Waals surface area contributed by atoms with E-state index in [2.05, 4.69) is 10.1 Å². The Kier molecular flexibility index (Phi) is 6.13. The zero-order valence-electron chi connectivity index (χ0n) is 20.6. The number of hydrogen-bond donors (Lipinski definition) is 1. The van der Waals surface area contributed by atoms with E-state index in [1.54, 1.807) is 36.3 Å². The number of methoxy groups -OCH3 is 2. The largest absolute Gasteiger partial charge is 0.493 e. The summed E-state index contributed by atoms with van der Waals surface area (Å²) < 4.78 is 21.5. The van der Waals surface area contributed by atoms with Crippen molar-refractivity contribution in [2.45, 2.75) is 33.4 Å². The molecule has 2 aromatic carbocycles. The molecule has 0 saturated carbocycles. The molecular weight excluding hydrogens is 462 g/mol. The van der Waals surface area contributed by atoms with Gasteiger partial charge < -0.3 is 28.6 Å². The number of aryl methyl sites for hydroxylation is 2. The highest BCUT2D eigenvalue weighted by molar-refractivity contribution is 5.98. The van der Waals surface area contributed by atoms with Crippen LogP contribution in [0.2, 0.25) is 0 Å². The van der Waals surface area contributed by atoms with E-state index in [4.69, 9.17) is 18.7 Å². The number of carbonyl (C=O) groups is 2. The van der Waals surface area contributed by atoms with Gasteiger partial charge in [-0.1, -0.05) is 5.16 Å². The van der Waals surface area contributed by atoms with Crippen LogP contribution in [0.3, 0.4) is 0 Å². The van der Waals surface area contributed by atoms with E-state index in [1.807, 2.05) is 26.0 Å². The van der Waals surface area contributed by atoms with E-state index < -0.39 is 0 Å². The van der Waals surface area contributed by atoms with Crippen LogP contribution in [-0.2, 0) is 24.3 Å². The lowest BCUT2D eigenvalue weighted by Gasteiger charge is -2.27. The van der Waals surface area contributed by atoms with Gasteiger partial charge in [0.25, 0.3) is 5.91 Å². The fraction of sp³-hybridized carbons (Fsp3) is 0.296. The SMILES string of the molecule is COC(=O)c1ccc2[nH]c3c(c2c1)CN(C(=O)c1ccc(OCc2c(C)noc2C)c(OC)c1)CC3. The monoisotopic (exact) mass is 489 g/mol. The van der Waals surface area contributed by atoms with Gasteiger partial charge in [0.1, 0.15) is 12.4 Å². The van der Waals surface area contributed by atoms with Gasteiger partial charge in [0.05, 0.1) is 31.0 Å². The first-order chi connectivity index (χ1) is 17.4. The Morgan fingerprint density at radius 3 is 2.61 bits per heavy atom. The van der Waals surface area contributed by atoms with Crippen LogP contribution in [-0.4, -0.2) is 47.7 Å². The molecule has 0 saturated heterocycles. The third-order valence-electron chi connectivity index (χ3n) is 6.65. The molecular formula is C27H27N3O6. The molecule has 0 fully saturated rings. The number of aromatic amines is 1. The van der Waals surface area contributed by atoms with Gasteiger partial charge in [0.2, 0.25) is 0 Å². The Balaban J connectivity index is 1.36. The molecule has 1 N–H and O–H groups in total. The normalized spacial score (nSPS) is 12.9. The minimum absolute atomic E-state index is 0.102. The topological polar surface area (TPSA) is 107 Å². The highest BCUT2D eigenvalue weighted by atomic mass is 16.5. The van der Waals surface area contributed by atoms with Crippen molar-refractivity contribution >= 4 is 22.8 Å². The average Bonchev–Trinajstić information content (AvgIpc) is 3.44. The average molecular weight is 490 g/mol. The minimum atomic E-state index is -0.389. The maximum absolute atomic E-state index is 13.4. The number of benzene rings is 2. The molecule has 1 amide bonds. The van der Waals surface area contributed by atoms with Crippen LogP contribution >= 0.6 is 0 Å². The van der Waals surface area contributed by atoms with Crippen LogP contribution < -0.4 is 9.47 Å². The van der Waals surface area contributed by atoms with Gasteiger partial charge in [-0.25, -0.2) is 4.79 Å². The van der Waals surface area contributed by atoms with Crippen molar-refractivity contribution in [3.05, 3.63) is 75.8 Å². The van der Waals surface area contributed by atoms with Crippen molar-refractivity contribution in [1.82, 2.24) is 15.0 Å². The molecule has 186 valence electrons. The van der Waals surface area contributed by atoms with Gasteiger partial charge in [0, 0.05) is 47.2 Å². The number of esters is 1. The summed E-state index contributed by atoms with van der Waals surface area (Å²) in [5, 5.41) is 4.87. The smallest absolute Gasteiger partial charge is 0.337 e. The summed E-state index contributed by atoms with van der Waals surface area (Å²) in [6, 6.07) is 10.6. The summed E-state index contributed by atoms with van der Waals surface area (Å²) >= 11 is 0. The number of fused-ring (bicyclic) bond motifs is 3. The predicted octanol–water partition coefficient (Wildman–Crippen LogP) is 4.35.